The first-order valence-corrected chi connectivity index (χ1v) is 10.6. The first-order valence-electron chi connectivity index (χ1n) is 10.6. The van der Waals surface area contributed by atoms with E-state index < -0.39 is 34.9 Å². The van der Waals surface area contributed by atoms with Gasteiger partial charge in [-0.05, 0) is 49.3 Å². The molecule has 172 valence electrons. The molecule has 0 radical (unpaired) electrons. The molecule has 1 fully saturated rings. The number of benzene rings is 1. The van der Waals surface area contributed by atoms with Crippen LogP contribution in [0.3, 0.4) is 0 Å². The standard InChI is InChI=1S/C23H26F3N3O3/c1-22(2)9-17-20(19(31)10-22)14(23(24,25)26)11-29(17)12-6-7-13(21(27)32)16(8-12)28-15-4-3-5-18(15)30/h6-8,11,15,18,28,30H,3-5,9-10H2,1-2H3,(H2,27,32)/t15?,18-/m0/s1. The van der Waals surface area contributed by atoms with Gasteiger partial charge < -0.3 is 20.7 Å². The van der Waals surface area contributed by atoms with Crippen molar-refractivity contribution in [3.8, 4) is 5.69 Å². The number of amides is 1. The number of aliphatic hydroxyl groups excluding tert-OH is 1. The number of hydrogen-bond donors (Lipinski definition) is 3. The topological polar surface area (TPSA) is 97.4 Å². The van der Waals surface area contributed by atoms with E-state index >= 15 is 0 Å². The van der Waals surface area contributed by atoms with Crippen LogP contribution in [0.25, 0.3) is 5.69 Å². The molecular weight excluding hydrogens is 423 g/mol. The van der Waals surface area contributed by atoms with E-state index in [2.05, 4.69) is 5.32 Å². The van der Waals surface area contributed by atoms with Gasteiger partial charge in [0.2, 0.25) is 0 Å². The van der Waals surface area contributed by atoms with Crippen LogP contribution in [0.5, 0.6) is 0 Å². The minimum absolute atomic E-state index is 0.0417. The zero-order chi connectivity index (χ0) is 23.4. The van der Waals surface area contributed by atoms with Crippen LogP contribution in [-0.4, -0.2) is 33.5 Å². The monoisotopic (exact) mass is 449 g/mol. The van der Waals surface area contributed by atoms with Crippen molar-refractivity contribution < 1.29 is 27.9 Å². The van der Waals surface area contributed by atoms with Gasteiger partial charge >= 0.3 is 6.18 Å². The van der Waals surface area contributed by atoms with Gasteiger partial charge in [-0.1, -0.05) is 13.8 Å². The molecule has 0 aliphatic heterocycles. The number of Topliss-reactive ketones (excluding diaryl/α,β-unsaturated/α-hetero) is 1. The van der Waals surface area contributed by atoms with Crippen LogP contribution in [0.2, 0.25) is 0 Å². The summed E-state index contributed by atoms with van der Waals surface area (Å²) in [6, 6.07) is 4.24. The molecule has 4 N–H and O–H groups in total. The molecule has 6 nitrogen and oxygen atoms in total. The summed E-state index contributed by atoms with van der Waals surface area (Å²) in [6.45, 7) is 3.70. The molecule has 2 aliphatic rings. The van der Waals surface area contributed by atoms with E-state index in [1.807, 2.05) is 13.8 Å². The number of halogens is 3. The average Bonchev–Trinajstić information content (AvgIpc) is 3.24. The minimum Gasteiger partial charge on any atom is -0.391 e. The van der Waals surface area contributed by atoms with E-state index in [1.54, 1.807) is 6.07 Å². The number of anilines is 1. The Morgan fingerprint density at radius 2 is 1.97 bits per heavy atom. The van der Waals surface area contributed by atoms with Gasteiger partial charge in [0.1, 0.15) is 0 Å². The number of primary amides is 1. The molecular formula is C23H26F3N3O3. The smallest absolute Gasteiger partial charge is 0.391 e. The highest BCUT2D eigenvalue weighted by molar-refractivity contribution is 6.01. The highest BCUT2D eigenvalue weighted by atomic mass is 19.4. The Kier molecular flexibility index (Phi) is 5.35. The molecule has 1 unspecified atom stereocenters. The van der Waals surface area contributed by atoms with Crippen LogP contribution in [-0.2, 0) is 12.6 Å². The maximum atomic E-state index is 13.8. The molecule has 0 spiro atoms. The molecule has 32 heavy (non-hydrogen) atoms. The Morgan fingerprint density at radius 3 is 2.56 bits per heavy atom. The Hall–Kier alpha value is -2.81. The lowest BCUT2D eigenvalue weighted by molar-refractivity contribution is -0.137. The predicted octanol–water partition coefficient (Wildman–Crippen LogP) is 4.08. The van der Waals surface area contributed by atoms with Gasteiger partial charge in [-0.3, -0.25) is 9.59 Å². The van der Waals surface area contributed by atoms with Gasteiger partial charge in [0.25, 0.3) is 5.91 Å². The number of rotatable bonds is 4. The third-order valence-electron chi connectivity index (χ3n) is 6.34. The third kappa shape index (κ3) is 4.01. The number of aromatic nitrogens is 1. The fourth-order valence-electron chi connectivity index (χ4n) is 4.84. The molecule has 2 aliphatic carbocycles. The van der Waals surface area contributed by atoms with Crippen molar-refractivity contribution in [2.75, 3.05) is 5.32 Å². The van der Waals surface area contributed by atoms with Crippen LogP contribution in [0, 0.1) is 5.41 Å². The number of fused-ring (bicyclic) bond motifs is 1. The van der Waals surface area contributed by atoms with E-state index in [0.717, 1.165) is 12.6 Å². The molecule has 0 bridgehead atoms. The zero-order valence-corrected chi connectivity index (χ0v) is 17.9. The second kappa shape index (κ2) is 7.65. The molecule has 0 saturated heterocycles. The molecule has 1 aromatic carbocycles. The minimum atomic E-state index is -4.67. The Bertz CT molecular complexity index is 1090. The number of hydrogen-bond acceptors (Lipinski definition) is 4. The first kappa shape index (κ1) is 22.4. The van der Waals surface area contributed by atoms with Crippen LogP contribution >= 0.6 is 0 Å². The number of nitrogens with one attached hydrogen (secondary N) is 1. The normalized spacial score (nSPS) is 22.6. The maximum Gasteiger partial charge on any atom is 0.418 e. The van der Waals surface area contributed by atoms with Crippen LogP contribution < -0.4 is 11.1 Å². The first-order chi connectivity index (χ1) is 14.9. The van der Waals surface area contributed by atoms with E-state index in [9.17, 15) is 27.9 Å². The number of alkyl halides is 3. The molecule has 1 amide bonds. The number of carbonyl (C=O) groups is 2. The Balaban J connectivity index is 1.86. The van der Waals surface area contributed by atoms with Crippen LogP contribution in [0.1, 0.15) is 71.5 Å². The highest BCUT2D eigenvalue weighted by Gasteiger charge is 2.43. The summed E-state index contributed by atoms with van der Waals surface area (Å²) in [5.74, 6) is -1.21. The second-order valence-corrected chi connectivity index (χ2v) is 9.52. The fourth-order valence-corrected chi connectivity index (χ4v) is 4.84. The lowest BCUT2D eigenvalue weighted by Crippen LogP contribution is -2.30. The largest absolute Gasteiger partial charge is 0.418 e. The van der Waals surface area contributed by atoms with Crippen molar-refractivity contribution in [1.82, 2.24) is 4.57 Å². The summed E-state index contributed by atoms with van der Waals surface area (Å²) < 4.78 is 42.7. The zero-order valence-electron chi connectivity index (χ0n) is 17.9. The molecule has 9 heteroatoms. The van der Waals surface area contributed by atoms with Gasteiger partial charge in [-0.25, -0.2) is 0 Å². The van der Waals surface area contributed by atoms with Gasteiger partial charge in [-0.15, -0.1) is 0 Å². The van der Waals surface area contributed by atoms with Crippen LogP contribution in [0.4, 0.5) is 18.9 Å². The number of ketones is 1. The van der Waals surface area contributed by atoms with E-state index in [4.69, 9.17) is 5.73 Å². The summed E-state index contributed by atoms with van der Waals surface area (Å²) in [5.41, 5.74) is 4.99. The highest BCUT2D eigenvalue weighted by Crippen LogP contribution is 2.43. The SMILES string of the molecule is CC1(C)CC(=O)c2c(C(F)(F)F)cn(-c3ccc(C(N)=O)c(NC4CCC[C@@H]4O)c3)c2C1. The summed E-state index contributed by atoms with van der Waals surface area (Å²) in [4.78, 5) is 24.6. The van der Waals surface area contributed by atoms with E-state index in [1.165, 1.54) is 16.7 Å². The molecule has 1 heterocycles. The van der Waals surface area contributed by atoms with Crippen molar-refractivity contribution >= 4 is 17.4 Å². The van der Waals surface area contributed by atoms with E-state index in [0.29, 0.717) is 36.3 Å². The summed E-state index contributed by atoms with van der Waals surface area (Å²) in [5, 5.41) is 13.3. The number of carbonyl (C=O) groups excluding carboxylic acids is 2. The van der Waals surface area contributed by atoms with Crippen molar-refractivity contribution in [2.45, 2.75) is 64.3 Å². The van der Waals surface area contributed by atoms with Gasteiger partial charge in [-0.2, -0.15) is 13.2 Å². The van der Waals surface area contributed by atoms with Crippen molar-refractivity contribution in [2.24, 2.45) is 11.1 Å². The van der Waals surface area contributed by atoms with Crippen LogP contribution in [0.15, 0.2) is 24.4 Å². The maximum absolute atomic E-state index is 13.8. The lowest BCUT2D eigenvalue weighted by atomic mass is 9.75. The average molecular weight is 449 g/mol. The Labute approximate surface area is 183 Å². The van der Waals surface area contributed by atoms with E-state index in [-0.39, 0.29) is 23.6 Å². The summed E-state index contributed by atoms with van der Waals surface area (Å²) in [6.07, 6.45) is -1.82. The van der Waals surface area contributed by atoms with Crippen molar-refractivity contribution in [1.29, 1.82) is 0 Å². The number of nitrogens with two attached hydrogens (primary N) is 1. The summed E-state index contributed by atoms with van der Waals surface area (Å²) >= 11 is 0. The fraction of sp³-hybridized carbons (Fsp3) is 0.478. The second-order valence-electron chi connectivity index (χ2n) is 9.52. The number of nitrogens with zero attached hydrogens (tertiary/aromatic N) is 1. The summed E-state index contributed by atoms with van der Waals surface area (Å²) in [7, 11) is 0. The molecule has 2 atom stereocenters. The Morgan fingerprint density at radius 1 is 1.25 bits per heavy atom. The van der Waals surface area contributed by atoms with Gasteiger partial charge in [0.15, 0.2) is 5.78 Å². The lowest BCUT2D eigenvalue weighted by Gasteiger charge is -2.30. The van der Waals surface area contributed by atoms with Gasteiger partial charge in [0.05, 0.1) is 28.8 Å². The quantitative estimate of drug-likeness (QED) is 0.655. The molecule has 2 aromatic rings. The molecule has 1 saturated carbocycles. The third-order valence-corrected chi connectivity index (χ3v) is 6.34. The van der Waals surface area contributed by atoms with Crippen molar-refractivity contribution in [3.05, 3.63) is 46.8 Å². The number of aliphatic hydroxyl groups is 1. The molecule has 4 rings (SSSR count). The van der Waals surface area contributed by atoms with Gasteiger partial charge in [0, 0.05) is 29.7 Å². The van der Waals surface area contributed by atoms with Crippen molar-refractivity contribution in [3.63, 3.8) is 0 Å². The predicted molar refractivity (Wildman–Crippen MR) is 113 cm³/mol. The molecule has 1 aromatic heterocycles.